The predicted octanol–water partition coefficient (Wildman–Crippen LogP) is 1.42. The van der Waals surface area contributed by atoms with E-state index in [9.17, 15) is 13.2 Å². The van der Waals surface area contributed by atoms with E-state index in [0.29, 0.717) is 19.3 Å². The first-order valence-electron chi connectivity index (χ1n) is 5.78. The Balaban J connectivity index is 1.97. The maximum absolute atomic E-state index is 12.5. The fraction of sp³-hybridized carbons (Fsp3) is 0.600. The van der Waals surface area contributed by atoms with E-state index in [-0.39, 0.29) is 15.5 Å². The number of aromatic nitrogens is 1. The monoisotopic (exact) mass is 322 g/mol. The van der Waals surface area contributed by atoms with Gasteiger partial charge in [-0.2, -0.15) is 4.31 Å². The maximum Gasteiger partial charge on any atom is 0.308 e. The molecular weight excluding hydrogens is 312 g/mol. The van der Waals surface area contributed by atoms with Crippen LogP contribution in [0.3, 0.4) is 0 Å². The Morgan fingerprint density at radius 1 is 1.53 bits per heavy atom. The van der Waals surface area contributed by atoms with Gasteiger partial charge in [-0.25, -0.2) is 13.4 Å². The van der Waals surface area contributed by atoms with Crippen molar-refractivity contribution in [1.82, 2.24) is 9.29 Å². The Labute approximate surface area is 119 Å². The number of halogens is 1. The predicted molar refractivity (Wildman–Crippen MR) is 68.7 cm³/mol. The molecule has 104 valence electrons. The molecule has 0 amide bonds. The molecule has 3 unspecified atom stereocenters. The molecule has 0 radical (unpaired) electrons. The standard InChI is InChI=1S/C10H11ClN2O4S2/c11-8-4-18-10(12-8)19(16,17)13-5-1-2-7(13)6(3-5)9(14)15/h4-7H,1-3H2,(H,14,15). The Morgan fingerprint density at radius 2 is 2.26 bits per heavy atom. The third-order valence-corrected chi connectivity index (χ3v) is 7.28. The number of sulfonamides is 1. The molecule has 1 N–H and O–H groups in total. The normalized spacial score (nSPS) is 30.9. The first-order valence-corrected chi connectivity index (χ1v) is 8.48. The first kappa shape index (κ1) is 13.3. The molecule has 1 aromatic heterocycles. The number of hydrogen-bond donors (Lipinski definition) is 1. The number of carboxylic acids is 1. The minimum absolute atomic E-state index is 0.0551. The van der Waals surface area contributed by atoms with Gasteiger partial charge < -0.3 is 5.11 Å². The number of thiazole rings is 1. The fourth-order valence-electron chi connectivity index (χ4n) is 3.03. The number of fused-ring (bicyclic) bond motifs is 2. The van der Waals surface area contributed by atoms with E-state index in [1.165, 1.54) is 9.69 Å². The van der Waals surface area contributed by atoms with Crippen LogP contribution in [0.4, 0.5) is 0 Å². The number of carboxylic acid groups (broad SMARTS) is 1. The van der Waals surface area contributed by atoms with Gasteiger partial charge >= 0.3 is 5.97 Å². The third kappa shape index (κ3) is 1.97. The molecule has 3 heterocycles. The average molecular weight is 323 g/mol. The van der Waals surface area contributed by atoms with Crippen LogP contribution in [0, 0.1) is 5.92 Å². The highest BCUT2D eigenvalue weighted by atomic mass is 35.5. The van der Waals surface area contributed by atoms with Gasteiger partial charge in [-0.1, -0.05) is 11.6 Å². The molecule has 3 rings (SSSR count). The number of aliphatic carboxylic acids is 1. The number of rotatable bonds is 3. The summed E-state index contributed by atoms with van der Waals surface area (Å²) in [5.74, 6) is -1.53. The lowest BCUT2D eigenvalue weighted by Crippen LogP contribution is -2.37. The van der Waals surface area contributed by atoms with Crippen LogP contribution in [0.25, 0.3) is 0 Å². The lowest BCUT2D eigenvalue weighted by molar-refractivity contribution is -0.142. The van der Waals surface area contributed by atoms with Crippen molar-refractivity contribution in [3.8, 4) is 0 Å². The minimum Gasteiger partial charge on any atom is -0.481 e. The number of nitrogens with zero attached hydrogens (tertiary/aromatic N) is 2. The lowest BCUT2D eigenvalue weighted by Gasteiger charge is -2.20. The van der Waals surface area contributed by atoms with E-state index in [0.717, 1.165) is 11.3 Å². The Bertz CT molecular complexity index is 629. The smallest absolute Gasteiger partial charge is 0.308 e. The zero-order chi connectivity index (χ0) is 13.8. The van der Waals surface area contributed by atoms with Gasteiger partial charge in [0.15, 0.2) is 0 Å². The van der Waals surface area contributed by atoms with Crippen LogP contribution in [-0.4, -0.2) is 40.9 Å². The lowest BCUT2D eigenvalue weighted by atomic mass is 9.89. The Morgan fingerprint density at radius 3 is 2.79 bits per heavy atom. The molecule has 19 heavy (non-hydrogen) atoms. The zero-order valence-corrected chi connectivity index (χ0v) is 12.1. The van der Waals surface area contributed by atoms with Crippen molar-refractivity contribution in [2.24, 2.45) is 5.92 Å². The van der Waals surface area contributed by atoms with Crippen LogP contribution in [0.1, 0.15) is 19.3 Å². The van der Waals surface area contributed by atoms with E-state index in [1.807, 2.05) is 0 Å². The molecule has 0 aliphatic carbocycles. The fourth-order valence-corrected chi connectivity index (χ4v) is 6.22. The van der Waals surface area contributed by atoms with Gasteiger partial charge in [0.05, 0.1) is 5.92 Å². The summed E-state index contributed by atoms with van der Waals surface area (Å²) in [4.78, 5) is 14.9. The topological polar surface area (TPSA) is 87.6 Å². The molecule has 2 fully saturated rings. The average Bonchev–Trinajstić information content (AvgIpc) is 3.01. The summed E-state index contributed by atoms with van der Waals surface area (Å²) in [6, 6.07) is -0.672. The summed E-state index contributed by atoms with van der Waals surface area (Å²) >= 11 is 6.63. The Hall–Kier alpha value is -0.700. The maximum atomic E-state index is 12.5. The molecule has 3 atom stereocenters. The van der Waals surface area contributed by atoms with Crippen LogP contribution < -0.4 is 0 Å². The highest BCUT2D eigenvalue weighted by Crippen LogP contribution is 2.45. The van der Waals surface area contributed by atoms with Crippen molar-refractivity contribution >= 4 is 38.9 Å². The quantitative estimate of drug-likeness (QED) is 0.909. The molecule has 1 aromatic rings. The molecule has 2 saturated heterocycles. The summed E-state index contributed by atoms with van der Waals surface area (Å²) in [5, 5.41) is 10.7. The molecule has 6 nitrogen and oxygen atoms in total. The van der Waals surface area contributed by atoms with Crippen LogP contribution in [0.15, 0.2) is 9.72 Å². The van der Waals surface area contributed by atoms with Gasteiger partial charge in [0.25, 0.3) is 10.0 Å². The van der Waals surface area contributed by atoms with Crippen molar-refractivity contribution in [3.05, 3.63) is 10.5 Å². The van der Waals surface area contributed by atoms with Crippen molar-refractivity contribution < 1.29 is 18.3 Å². The first-order chi connectivity index (χ1) is 8.91. The van der Waals surface area contributed by atoms with Crippen molar-refractivity contribution in [2.45, 2.75) is 35.7 Å². The summed E-state index contributed by atoms with van der Waals surface area (Å²) in [6.45, 7) is 0. The van der Waals surface area contributed by atoms with Gasteiger partial charge in [0, 0.05) is 17.5 Å². The van der Waals surface area contributed by atoms with E-state index in [4.69, 9.17) is 16.7 Å². The molecule has 2 aliphatic rings. The van der Waals surface area contributed by atoms with Crippen LogP contribution in [0.5, 0.6) is 0 Å². The largest absolute Gasteiger partial charge is 0.481 e. The van der Waals surface area contributed by atoms with Gasteiger partial charge in [-0.3, -0.25) is 4.79 Å². The summed E-state index contributed by atoms with van der Waals surface area (Å²) in [5.41, 5.74) is 0. The van der Waals surface area contributed by atoms with Gasteiger partial charge in [-0.05, 0) is 19.3 Å². The molecule has 2 aliphatic heterocycles. The van der Waals surface area contributed by atoms with Crippen molar-refractivity contribution in [2.75, 3.05) is 0 Å². The highest BCUT2D eigenvalue weighted by molar-refractivity contribution is 7.91. The molecule has 0 spiro atoms. The van der Waals surface area contributed by atoms with E-state index < -0.39 is 28.0 Å². The van der Waals surface area contributed by atoms with Crippen molar-refractivity contribution in [1.29, 1.82) is 0 Å². The second kappa shape index (κ2) is 4.41. The molecule has 9 heteroatoms. The second-order valence-electron chi connectivity index (χ2n) is 4.75. The van der Waals surface area contributed by atoms with E-state index >= 15 is 0 Å². The summed E-state index contributed by atoms with van der Waals surface area (Å²) < 4.78 is 26.3. The molecule has 0 aromatic carbocycles. The van der Waals surface area contributed by atoms with Crippen LogP contribution in [-0.2, 0) is 14.8 Å². The number of carbonyl (C=O) groups is 1. The molecule has 2 bridgehead atoms. The SMILES string of the molecule is O=C(O)C1CC2CCC1N2S(=O)(=O)c1nc(Cl)cs1. The minimum atomic E-state index is -3.73. The zero-order valence-electron chi connectivity index (χ0n) is 9.69. The van der Waals surface area contributed by atoms with E-state index in [2.05, 4.69) is 4.98 Å². The third-order valence-electron chi connectivity index (χ3n) is 3.74. The number of hydrogen-bond acceptors (Lipinski definition) is 5. The van der Waals surface area contributed by atoms with Gasteiger partial charge in [0.1, 0.15) is 5.15 Å². The van der Waals surface area contributed by atoms with Crippen molar-refractivity contribution in [3.63, 3.8) is 0 Å². The molecule has 0 saturated carbocycles. The van der Waals surface area contributed by atoms with E-state index in [1.54, 1.807) is 0 Å². The Kier molecular flexibility index (Phi) is 3.08. The highest BCUT2D eigenvalue weighted by Gasteiger charge is 2.55. The summed E-state index contributed by atoms with van der Waals surface area (Å²) in [6.07, 6.45) is 1.70. The van der Waals surface area contributed by atoms with Gasteiger partial charge in [-0.15, -0.1) is 11.3 Å². The van der Waals surface area contributed by atoms with Crippen LogP contribution in [0.2, 0.25) is 5.15 Å². The van der Waals surface area contributed by atoms with Gasteiger partial charge in [0.2, 0.25) is 4.34 Å². The second-order valence-corrected chi connectivity index (χ2v) is 8.01. The molecular formula is C10H11ClN2O4S2. The van der Waals surface area contributed by atoms with Crippen LogP contribution >= 0.6 is 22.9 Å². The summed E-state index contributed by atoms with van der Waals surface area (Å²) in [7, 11) is -3.73.